The van der Waals surface area contributed by atoms with Crippen molar-refractivity contribution in [2.75, 3.05) is 26.3 Å². The second-order valence-electron chi connectivity index (χ2n) is 6.53. The molecule has 2 aliphatic rings. The van der Waals surface area contributed by atoms with Gasteiger partial charge in [0.2, 0.25) is 11.8 Å². The molecule has 2 fully saturated rings. The molecule has 0 aromatic carbocycles. The van der Waals surface area contributed by atoms with E-state index in [1.54, 1.807) is 0 Å². The van der Waals surface area contributed by atoms with Crippen LogP contribution >= 0.6 is 12.4 Å². The summed E-state index contributed by atoms with van der Waals surface area (Å²) in [6.07, 6.45) is 5.77. The Morgan fingerprint density at radius 1 is 1.17 bits per heavy atom. The van der Waals surface area contributed by atoms with E-state index >= 15 is 0 Å². The molecule has 2 heterocycles. The summed E-state index contributed by atoms with van der Waals surface area (Å²) in [4.78, 5) is 23.5. The Balaban J connectivity index is 0.00000264. The number of amides is 2. The minimum Gasteiger partial charge on any atom is -0.381 e. The van der Waals surface area contributed by atoms with Gasteiger partial charge >= 0.3 is 0 Å². The molecule has 2 amide bonds. The number of carbonyl (C=O) groups excluding carboxylic acids is 2. The van der Waals surface area contributed by atoms with Crippen molar-refractivity contribution in [3.63, 3.8) is 0 Å². The molecule has 134 valence electrons. The zero-order valence-electron chi connectivity index (χ0n) is 13.7. The molecule has 1 atom stereocenters. The van der Waals surface area contributed by atoms with Gasteiger partial charge in [0.1, 0.15) is 0 Å². The average Bonchev–Trinajstić information content (AvgIpc) is 2.54. The van der Waals surface area contributed by atoms with E-state index in [2.05, 4.69) is 10.6 Å². The topological polar surface area (TPSA) is 93.5 Å². The van der Waals surface area contributed by atoms with Gasteiger partial charge in [-0.3, -0.25) is 9.59 Å². The van der Waals surface area contributed by atoms with Crippen LogP contribution in [0, 0.1) is 11.8 Å². The second kappa shape index (κ2) is 10.8. The third kappa shape index (κ3) is 7.50. The summed E-state index contributed by atoms with van der Waals surface area (Å²) in [7, 11) is 0. The molecule has 0 saturated carbocycles. The minimum atomic E-state index is -0.352. The Hall–Kier alpha value is -0.850. The van der Waals surface area contributed by atoms with E-state index in [1.807, 2.05) is 0 Å². The monoisotopic (exact) mass is 347 g/mol. The van der Waals surface area contributed by atoms with Crippen LogP contribution < -0.4 is 16.4 Å². The van der Waals surface area contributed by atoms with Crippen molar-refractivity contribution in [1.82, 2.24) is 10.6 Å². The summed E-state index contributed by atoms with van der Waals surface area (Å²) >= 11 is 0. The lowest BCUT2D eigenvalue weighted by atomic mass is 9.89. The van der Waals surface area contributed by atoms with Crippen molar-refractivity contribution in [2.45, 2.75) is 51.0 Å². The number of nitrogens with two attached hydrogens (primary N) is 1. The zero-order valence-corrected chi connectivity index (χ0v) is 14.5. The van der Waals surface area contributed by atoms with Gasteiger partial charge in [0.25, 0.3) is 0 Å². The van der Waals surface area contributed by atoms with E-state index < -0.39 is 0 Å². The predicted molar refractivity (Wildman–Crippen MR) is 91.4 cm³/mol. The SMILES string of the molecule is Cl.NC(=O)CC(NC(=O)CCC1CCNCC1)C1CCOCC1. The smallest absolute Gasteiger partial charge is 0.220 e. The lowest BCUT2D eigenvalue weighted by Crippen LogP contribution is -2.44. The van der Waals surface area contributed by atoms with Crippen molar-refractivity contribution >= 4 is 24.2 Å². The van der Waals surface area contributed by atoms with Crippen LogP contribution in [0.4, 0.5) is 0 Å². The van der Waals surface area contributed by atoms with Gasteiger partial charge in [-0.05, 0) is 57.0 Å². The van der Waals surface area contributed by atoms with Crippen molar-refractivity contribution in [3.8, 4) is 0 Å². The largest absolute Gasteiger partial charge is 0.381 e. The van der Waals surface area contributed by atoms with Crippen LogP contribution in [0.1, 0.15) is 44.9 Å². The van der Waals surface area contributed by atoms with E-state index in [-0.39, 0.29) is 36.7 Å². The fourth-order valence-electron chi connectivity index (χ4n) is 3.46. The lowest BCUT2D eigenvalue weighted by Gasteiger charge is -2.30. The molecule has 2 saturated heterocycles. The molecule has 7 heteroatoms. The van der Waals surface area contributed by atoms with Crippen molar-refractivity contribution < 1.29 is 14.3 Å². The number of carbonyl (C=O) groups is 2. The molecular formula is C16H30ClN3O3. The highest BCUT2D eigenvalue weighted by atomic mass is 35.5. The maximum Gasteiger partial charge on any atom is 0.220 e. The molecule has 2 aliphatic heterocycles. The standard InChI is InChI=1S/C16H29N3O3.ClH/c17-15(20)11-14(13-5-9-22-10-6-13)19-16(21)2-1-12-3-7-18-8-4-12;/h12-14,18H,1-11H2,(H2,17,20)(H,19,21);1H. The fourth-order valence-corrected chi connectivity index (χ4v) is 3.46. The average molecular weight is 348 g/mol. The minimum absolute atomic E-state index is 0. The Labute approximate surface area is 144 Å². The highest BCUT2D eigenvalue weighted by Crippen LogP contribution is 2.22. The lowest BCUT2D eigenvalue weighted by molar-refractivity contribution is -0.124. The first-order chi connectivity index (χ1) is 10.6. The van der Waals surface area contributed by atoms with Crippen LogP contribution in [0.5, 0.6) is 0 Å². The van der Waals surface area contributed by atoms with Crippen LogP contribution in [-0.4, -0.2) is 44.2 Å². The zero-order chi connectivity index (χ0) is 15.8. The van der Waals surface area contributed by atoms with E-state index in [0.717, 1.165) is 45.2 Å². The number of primary amides is 1. The third-order valence-corrected chi connectivity index (χ3v) is 4.84. The van der Waals surface area contributed by atoms with Crippen molar-refractivity contribution in [2.24, 2.45) is 17.6 Å². The molecule has 0 aliphatic carbocycles. The van der Waals surface area contributed by atoms with E-state index in [0.29, 0.717) is 31.5 Å². The van der Waals surface area contributed by atoms with Crippen LogP contribution in [0.15, 0.2) is 0 Å². The summed E-state index contributed by atoms with van der Waals surface area (Å²) in [5.74, 6) is 0.639. The van der Waals surface area contributed by atoms with E-state index in [9.17, 15) is 9.59 Å². The first kappa shape index (κ1) is 20.2. The molecule has 2 rings (SSSR count). The van der Waals surface area contributed by atoms with E-state index in [4.69, 9.17) is 10.5 Å². The van der Waals surface area contributed by atoms with Crippen LogP contribution in [0.2, 0.25) is 0 Å². The number of nitrogens with one attached hydrogen (secondary N) is 2. The number of hydrogen-bond donors (Lipinski definition) is 3. The summed E-state index contributed by atoms with van der Waals surface area (Å²) < 4.78 is 5.35. The highest BCUT2D eigenvalue weighted by molar-refractivity contribution is 5.85. The Kier molecular flexibility index (Phi) is 9.52. The van der Waals surface area contributed by atoms with Gasteiger partial charge in [-0.15, -0.1) is 12.4 Å². The van der Waals surface area contributed by atoms with Gasteiger partial charge < -0.3 is 21.1 Å². The number of rotatable bonds is 7. The molecular weight excluding hydrogens is 318 g/mol. The van der Waals surface area contributed by atoms with Gasteiger partial charge in [0, 0.05) is 32.1 Å². The van der Waals surface area contributed by atoms with Gasteiger partial charge in [-0.25, -0.2) is 0 Å². The van der Waals surface area contributed by atoms with Crippen molar-refractivity contribution in [1.29, 1.82) is 0 Å². The molecule has 0 radical (unpaired) electrons. The molecule has 6 nitrogen and oxygen atoms in total. The number of halogens is 1. The summed E-state index contributed by atoms with van der Waals surface area (Å²) in [5.41, 5.74) is 5.34. The Morgan fingerprint density at radius 2 is 1.83 bits per heavy atom. The van der Waals surface area contributed by atoms with Gasteiger partial charge in [0.15, 0.2) is 0 Å². The maximum absolute atomic E-state index is 12.2. The quantitative estimate of drug-likeness (QED) is 0.639. The number of ether oxygens (including phenoxy) is 1. The first-order valence-electron chi connectivity index (χ1n) is 8.51. The first-order valence-corrected chi connectivity index (χ1v) is 8.51. The van der Waals surface area contributed by atoms with Crippen LogP contribution in [0.25, 0.3) is 0 Å². The van der Waals surface area contributed by atoms with Crippen molar-refractivity contribution in [3.05, 3.63) is 0 Å². The molecule has 0 aromatic rings. The molecule has 1 unspecified atom stereocenters. The fraction of sp³-hybridized carbons (Fsp3) is 0.875. The maximum atomic E-state index is 12.2. The van der Waals surface area contributed by atoms with E-state index in [1.165, 1.54) is 0 Å². The molecule has 23 heavy (non-hydrogen) atoms. The molecule has 0 aromatic heterocycles. The predicted octanol–water partition coefficient (Wildman–Crippen LogP) is 0.975. The molecule has 0 bridgehead atoms. The summed E-state index contributed by atoms with van der Waals surface area (Å²) in [5, 5.41) is 6.38. The van der Waals surface area contributed by atoms with Gasteiger partial charge in [-0.1, -0.05) is 0 Å². The second-order valence-corrected chi connectivity index (χ2v) is 6.53. The molecule has 4 N–H and O–H groups in total. The van der Waals surface area contributed by atoms with Gasteiger partial charge in [0.05, 0.1) is 0 Å². The molecule has 0 spiro atoms. The number of piperidine rings is 1. The Morgan fingerprint density at radius 3 is 2.43 bits per heavy atom. The number of hydrogen-bond acceptors (Lipinski definition) is 4. The summed E-state index contributed by atoms with van der Waals surface area (Å²) in [6.45, 7) is 3.51. The third-order valence-electron chi connectivity index (χ3n) is 4.84. The van der Waals surface area contributed by atoms with Crippen LogP contribution in [0.3, 0.4) is 0 Å². The Bertz CT molecular complexity index is 370. The summed E-state index contributed by atoms with van der Waals surface area (Å²) in [6, 6.07) is -0.137. The normalized spacial score (nSPS) is 21.2. The van der Waals surface area contributed by atoms with Crippen LogP contribution in [-0.2, 0) is 14.3 Å². The highest BCUT2D eigenvalue weighted by Gasteiger charge is 2.27. The van der Waals surface area contributed by atoms with Gasteiger partial charge in [-0.2, -0.15) is 0 Å².